The van der Waals surface area contributed by atoms with Crippen molar-refractivity contribution in [1.29, 1.82) is 0 Å². The molecule has 2 aromatic rings. The third kappa shape index (κ3) is 3.84. The molecule has 0 bridgehead atoms. The van der Waals surface area contributed by atoms with Gasteiger partial charge >= 0.3 is 5.97 Å². The van der Waals surface area contributed by atoms with E-state index in [1.807, 2.05) is 0 Å². The Morgan fingerprint density at radius 1 is 1.26 bits per heavy atom. The van der Waals surface area contributed by atoms with Crippen LogP contribution in [0.25, 0.3) is 0 Å². The summed E-state index contributed by atoms with van der Waals surface area (Å²) in [5.41, 5.74) is 0.609. The molecule has 0 atom stereocenters. The first-order valence-electron chi connectivity index (χ1n) is 5.34. The number of nitrogens with zero attached hydrogens (tertiary/aromatic N) is 1. The van der Waals surface area contributed by atoms with Crippen molar-refractivity contribution in [3.05, 3.63) is 52.3 Å². The molecule has 19 heavy (non-hydrogen) atoms. The van der Waals surface area contributed by atoms with Crippen LogP contribution in [0, 0.1) is 0 Å². The summed E-state index contributed by atoms with van der Waals surface area (Å²) in [6, 6.07) is 8.04. The maximum absolute atomic E-state index is 10.6. The molecular formula is C13H9Cl2NO3. The van der Waals surface area contributed by atoms with Crippen molar-refractivity contribution >= 4 is 29.2 Å². The predicted octanol–water partition coefficient (Wildman–Crippen LogP) is 3.81. The molecule has 0 aliphatic heterocycles. The molecular weight excluding hydrogens is 289 g/mol. The van der Waals surface area contributed by atoms with Gasteiger partial charge in [0.05, 0.1) is 11.4 Å². The van der Waals surface area contributed by atoms with E-state index >= 15 is 0 Å². The number of carboxylic acid groups (broad SMARTS) is 1. The number of pyridine rings is 1. The molecule has 0 spiro atoms. The Hall–Kier alpha value is -1.78. The van der Waals surface area contributed by atoms with Gasteiger partial charge in [-0.1, -0.05) is 29.3 Å². The second kappa shape index (κ2) is 5.91. The molecule has 0 amide bonds. The smallest absolute Gasteiger partial charge is 0.307 e. The van der Waals surface area contributed by atoms with Gasteiger partial charge in [-0.3, -0.25) is 4.79 Å². The molecule has 1 aromatic carbocycles. The molecule has 0 radical (unpaired) electrons. The normalized spacial score (nSPS) is 10.2. The van der Waals surface area contributed by atoms with Crippen LogP contribution in [0.2, 0.25) is 10.2 Å². The number of hydrogen-bond donors (Lipinski definition) is 1. The van der Waals surface area contributed by atoms with E-state index in [0.717, 1.165) is 0 Å². The van der Waals surface area contributed by atoms with Crippen LogP contribution in [0.1, 0.15) is 5.56 Å². The lowest BCUT2D eigenvalue weighted by Crippen LogP contribution is -1.99. The first-order valence-corrected chi connectivity index (χ1v) is 6.10. The van der Waals surface area contributed by atoms with Crippen LogP contribution < -0.4 is 4.74 Å². The van der Waals surface area contributed by atoms with Gasteiger partial charge in [0.2, 0.25) is 0 Å². The van der Waals surface area contributed by atoms with Gasteiger partial charge in [-0.05, 0) is 23.8 Å². The Morgan fingerprint density at radius 3 is 2.68 bits per heavy atom. The summed E-state index contributed by atoms with van der Waals surface area (Å²) in [5.74, 6) is 0.0246. The second-order valence-corrected chi connectivity index (χ2v) is 4.55. The number of benzene rings is 1. The maximum Gasteiger partial charge on any atom is 0.307 e. The van der Waals surface area contributed by atoms with Crippen LogP contribution in [0.4, 0.5) is 0 Å². The quantitative estimate of drug-likeness (QED) is 0.872. The maximum atomic E-state index is 10.6. The second-order valence-electron chi connectivity index (χ2n) is 3.75. The Kier molecular flexibility index (Phi) is 4.24. The SMILES string of the molecule is O=C(O)Cc1ccc(Oc2ccnc(Cl)c2)c(Cl)c1. The highest BCUT2D eigenvalue weighted by Crippen LogP contribution is 2.30. The summed E-state index contributed by atoms with van der Waals surface area (Å²) in [7, 11) is 0. The standard InChI is InChI=1S/C13H9Cl2NO3/c14-10-5-8(6-13(17)18)1-2-11(10)19-9-3-4-16-12(15)7-9/h1-5,7H,6H2,(H,17,18). The fraction of sp³-hybridized carbons (Fsp3) is 0.0769. The zero-order valence-electron chi connectivity index (χ0n) is 9.64. The lowest BCUT2D eigenvalue weighted by atomic mass is 10.1. The van der Waals surface area contributed by atoms with Gasteiger partial charge in [0.1, 0.15) is 16.7 Å². The van der Waals surface area contributed by atoms with Crippen LogP contribution in [0.5, 0.6) is 11.5 Å². The highest BCUT2D eigenvalue weighted by Gasteiger charge is 2.07. The number of rotatable bonds is 4. The van der Waals surface area contributed by atoms with E-state index < -0.39 is 5.97 Å². The molecule has 4 nitrogen and oxygen atoms in total. The Labute approximate surface area is 119 Å². The molecule has 0 aliphatic rings. The third-order valence-corrected chi connectivity index (χ3v) is 2.78. The molecule has 0 saturated heterocycles. The number of aromatic nitrogens is 1. The van der Waals surface area contributed by atoms with E-state index in [1.54, 1.807) is 30.3 Å². The number of hydrogen-bond acceptors (Lipinski definition) is 3. The number of ether oxygens (including phenoxy) is 1. The molecule has 0 aliphatic carbocycles. The molecule has 0 saturated carbocycles. The largest absolute Gasteiger partial charge is 0.481 e. The summed E-state index contributed by atoms with van der Waals surface area (Å²) < 4.78 is 5.55. The van der Waals surface area contributed by atoms with E-state index in [0.29, 0.717) is 27.2 Å². The lowest BCUT2D eigenvalue weighted by Gasteiger charge is -2.08. The Morgan fingerprint density at radius 2 is 2.05 bits per heavy atom. The van der Waals surface area contributed by atoms with Crippen molar-refractivity contribution < 1.29 is 14.6 Å². The number of carbonyl (C=O) groups is 1. The summed E-state index contributed by atoms with van der Waals surface area (Å²) in [6.45, 7) is 0. The molecule has 0 unspecified atom stereocenters. The van der Waals surface area contributed by atoms with Crippen molar-refractivity contribution in [3.8, 4) is 11.5 Å². The average molecular weight is 298 g/mol. The van der Waals surface area contributed by atoms with Crippen molar-refractivity contribution in [1.82, 2.24) is 4.98 Å². The summed E-state index contributed by atoms with van der Waals surface area (Å²) in [6.07, 6.45) is 1.44. The van der Waals surface area contributed by atoms with Gasteiger partial charge in [0.25, 0.3) is 0 Å². The zero-order chi connectivity index (χ0) is 13.8. The van der Waals surface area contributed by atoms with E-state index in [9.17, 15) is 4.79 Å². The topological polar surface area (TPSA) is 59.4 Å². The van der Waals surface area contributed by atoms with Gasteiger partial charge in [-0.15, -0.1) is 0 Å². The summed E-state index contributed by atoms with van der Waals surface area (Å²) in [4.78, 5) is 14.4. The highest BCUT2D eigenvalue weighted by atomic mass is 35.5. The lowest BCUT2D eigenvalue weighted by molar-refractivity contribution is -0.136. The highest BCUT2D eigenvalue weighted by molar-refractivity contribution is 6.32. The fourth-order valence-electron chi connectivity index (χ4n) is 1.49. The minimum atomic E-state index is -0.911. The monoisotopic (exact) mass is 297 g/mol. The molecule has 6 heteroatoms. The number of carboxylic acids is 1. The third-order valence-electron chi connectivity index (χ3n) is 2.28. The van der Waals surface area contributed by atoms with Gasteiger partial charge in [-0.25, -0.2) is 4.98 Å². The summed E-state index contributed by atoms with van der Waals surface area (Å²) >= 11 is 11.8. The Balaban J connectivity index is 2.19. The predicted molar refractivity (Wildman–Crippen MR) is 72.1 cm³/mol. The average Bonchev–Trinajstić information content (AvgIpc) is 2.32. The van der Waals surface area contributed by atoms with Crippen molar-refractivity contribution in [2.24, 2.45) is 0 Å². The van der Waals surface area contributed by atoms with Crippen molar-refractivity contribution in [2.45, 2.75) is 6.42 Å². The van der Waals surface area contributed by atoms with Crippen molar-refractivity contribution in [3.63, 3.8) is 0 Å². The van der Waals surface area contributed by atoms with Crippen molar-refractivity contribution in [2.75, 3.05) is 0 Å². The summed E-state index contributed by atoms with van der Waals surface area (Å²) in [5, 5.41) is 9.35. The van der Waals surface area contributed by atoms with Crippen LogP contribution in [-0.2, 0) is 11.2 Å². The molecule has 2 rings (SSSR count). The van der Waals surface area contributed by atoms with Crippen LogP contribution in [-0.4, -0.2) is 16.1 Å². The van der Waals surface area contributed by atoms with E-state index in [1.165, 1.54) is 6.20 Å². The Bertz CT molecular complexity index is 617. The number of halogens is 2. The zero-order valence-corrected chi connectivity index (χ0v) is 11.1. The fourth-order valence-corrected chi connectivity index (χ4v) is 1.89. The first kappa shape index (κ1) is 13.6. The van der Waals surface area contributed by atoms with E-state index in [-0.39, 0.29) is 6.42 Å². The van der Waals surface area contributed by atoms with Crippen LogP contribution in [0.15, 0.2) is 36.5 Å². The minimum Gasteiger partial charge on any atom is -0.481 e. The molecule has 0 fully saturated rings. The van der Waals surface area contributed by atoms with Gasteiger partial charge in [0.15, 0.2) is 0 Å². The molecule has 98 valence electrons. The first-order chi connectivity index (χ1) is 9.04. The van der Waals surface area contributed by atoms with E-state index in [4.69, 9.17) is 33.0 Å². The minimum absolute atomic E-state index is 0.0823. The van der Waals surface area contributed by atoms with Crippen LogP contribution >= 0.6 is 23.2 Å². The van der Waals surface area contributed by atoms with Gasteiger partial charge < -0.3 is 9.84 Å². The van der Waals surface area contributed by atoms with Gasteiger partial charge in [0, 0.05) is 12.3 Å². The van der Waals surface area contributed by atoms with E-state index in [2.05, 4.69) is 4.98 Å². The molecule has 1 aromatic heterocycles. The number of aliphatic carboxylic acids is 1. The van der Waals surface area contributed by atoms with Gasteiger partial charge in [-0.2, -0.15) is 0 Å². The molecule has 1 heterocycles. The van der Waals surface area contributed by atoms with Crippen LogP contribution in [0.3, 0.4) is 0 Å². The molecule has 1 N–H and O–H groups in total.